The second kappa shape index (κ2) is 6.38. The van der Waals surface area contributed by atoms with Crippen molar-refractivity contribution < 1.29 is 19.3 Å². The number of benzene rings is 2. The number of nitro groups is 1. The molecule has 1 spiro atoms. The average Bonchev–Trinajstić information content (AvgIpc) is 3.18. The summed E-state index contributed by atoms with van der Waals surface area (Å²) in [6.45, 7) is 0.565. The molecule has 3 aliphatic rings. The zero-order chi connectivity index (χ0) is 21.0. The molecule has 2 aromatic rings. The molecule has 2 fully saturated rings. The Balaban J connectivity index is 1.65. The van der Waals surface area contributed by atoms with Crippen LogP contribution in [0.1, 0.15) is 23.5 Å². The first-order valence-corrected chi connectivity index (χ1v) is 9.66. The number of non-ortho nitro benzene ring substituents is 1. The van der Waals surface area contributed by atoms with Gasteiger partial charge in [0.25, 0.3) is 5.69 Å². The number of carbonyl (C=O) groups excluding carboxylic acids is 3. The van der Waals surface area contributed by atoms with E-state index in [4.69, 9.17) is 0 Å². The second-order valence-electron chi connectivity index (χ2n) is 7.97. The van der Waals surface area contributed by atoms with Crippen LogP contribution in [0, 0.1) is 15.5 Å². The van der Waals surface area contributed by atoms with Gasteiger partial charge in [-0.25, -0.2) is 4.79 Å². The lowest BCUT2D eigenvalue weighted by atomic mass is 9.68. The molecule has 2 aromatic carbocycles. The van der Waals surface area contributed by atoms with E-state index in [1.807, 2.05) is 35.2 Å². The summed E-state index contributed by atoms with van der Waals surface area (Å²) in [5.74, 6) is -1.23. The van der Waals surface area contributed by atoms with Crippen LogP contribution in [-0.2, 0) is 16.0 Å². The predicted molar refractivity (Wildman–Crippen MR) is 106 cm³/mol. The van der Waals surface area contributed by atoms with Gasteiger partial charge in [0.2, 0.25) is 11.8 Å². The maximum atomic E-state index is 13.1. The first-order valence-electron chi connectivity index (χ1n) is 9.66. The van der Waals surface area contributed by atoms with Crippen LogP contribution in [0.2, 0.25) is 0 Å². The second-order valence-corrected chi connectivity index (χ2v) is 7.97. The Morgan fingerprint density at radius 3 is 2.40 bits per heavy atom. The lowest BCUT2D eigenvalue weighted by Crippen LogP contribution is -2.70. The van der Waals surface area contributed by atoms with Crippen LogP contribution < -0.4 is 15.5 Å². The topological polar surface area (TPSA) is 122 Å². The number of amides is 4. The van der Waals surface area contributed by atoms with Gasteiger partial charge >= 0.3 is 6.03 Å². The summed E-state index contributed by atoms with van der Waals surface area (Å²) < 4.78 is 0. The van der Waals surface area contributed by atoms with Crippen LogP contribution in [0.5, 0.6) is 0 Å². The number of hydrogen-bond donors (Lipinski definition) is 2. The van der Waals surface area contributed by atoms with E-state index in [1.54, 1.807) is 6.07 Å². The van der Waals surface area contributed by atoms with Crippen LogP contribution in [-0.4, -0.2) is 35.4 Å². The van der Waals surface area contributed by atoms with Gasteiger partial charge in [-0.15, -0.1) is 0 Å². The molecule has 4 amide bonds. The quantitative estimate of drug-likeness (QED) is 0.446. The third-order valence-corrected chi connectivity index (χ3v) is 6.46. The molecule has 2 atom stereocenters. The van der Waals surface area contributed by atoms with Gasteiger partial charge in [-0.05, 0) is 23.6 Å². The van der Waals surface area contributed by atoms with Gasteiger partial charge < -0.3 is 4.90 Å². The normalized spacial score (nSPS) is 24.1. The van der Waals surface area contributed by atoms with E-state index >= 15 is 0 Å². The van der Waals surface area contributed by atoms with Crippen molar-refractivity contribution in [2.75, 3.05) is 11.4 Å². The van der Waals surface area contributed by atoms with Crippen LogP contribution in [0.25, 0.3) is 0 Å². The van der Waals surface area contributed by atoms with Gasteiger partial charge in [-0.1, -0.05) is 30.3 Å². The molecule has 0 bridgehead atoms. The third-order valence-electron chi connectivity index (χ3n) is 6.46. The smallest absolute Gasteiger partial charge is 0.328 e. The molecule has 3 heterocycles. The summed E-state index contributed by atoms with van der Waals surface area (Å²) >= 11 is 0. The molecule has 9 heteroatoms. The van der Waals surface area contributed by atoms with Crippen molar-refractivity contribution in [3.63, 3.8) is 0 Å². The largest absolute Gasteiger partial charge is 0.366 e. The number of anilines is 1. The number of nitrogens with zero attached hydrogens (tertiary/aromatic N) is 2. The summed E-state index contributed by atoms with van der Waals surface area (Å²) in [7, 11) is 0. The molecule has 5 rings (SSSR count). The third kappa shape index (κ3) is 2.51. The molecule has 0 aromatic heterocycles. The van der Waals surface area contributed by atoms with E-state index in [1.165, 1.54) is 12.1 Å². The van der Waals surface area contributed by atoms with Crippen molar-refractivity contribution in [1.29, 1.82) is 0 Å². The zero-order valence-corrected chi connectivity index (χ0v) is 15.8. The van der Waals surface area contributed by atoms with Crippen molar-refractivity contribution in [2.24, 2.45) is 5.41 Å². The van der Waals surface area contributed by atoms with Crippen LogP contribution in [0.4, 0.5) is 16.2 Å². The van der Waals surface area contributed by atoms with Gasteiger partial charge in [0, 0.05) is 36.7 Å². The van der Waals surface area contributed by atoms with Gasteiger partial charge in [0.15, 0.2) is 5.41 Å². The van der Waals surface area contributed by atoms with E-state index in [-0.39, 0.29) is 18.0 Å². The number of urea groups is 1. The highest BCUT2D eigenvalue weighted by molar-refractivity contribution is 6.20. The van der Waals surface area contributed by atoms with E-state index in [2.05, 4.69) is 10.6 Å². The fourth-order valence-electron chi connectivity index (χ4n) is 5.09. The zero-order valence-electron chi connectivity index (χ0n) is 15.8. The Kier molecular flexibility index (Phi) is 3.89. The fourth-order valence-corrected chi connectivity index (χ4v) is 5.09. The average molecular weight is 406 g/mol. The van der Waals surface area contributed by atoms with Crippen molar-refractivity contribution in [3.05, 3.63) is 69.8 Å². The SMILES string of the molecule is O=C1NC(=O)C2(Cc3cc([N+](=O)[O-])ccc3N3C[C@H](c4ccccc4)C[C@H]32)C(=O)N1. The first-order chi connectivity index (χ1) is 14.4. The Morgan fingerprint density at radius 2 is 1.73 bits per heavy atom. The monoisotopic (exact) mass is 406 g/mol. The lowest BCUT2D eigenvalue weighted by molar-refractivity contribution is -0.384. The number of rotatable bonds is 2. The van der Waals surface area contributed by atoms with E-state index < -0.39 is 34.2 Å². The van der Waals surface area contributed by atoms with Gasteiger partial charge in [-0.3, -0.25) is 30.3 Å². The van der Waals surface area contributed by atoms with Crippen molar-refractivity contribution >= 4 is 29.2 Å². The first kappa shape index (κ1) is 18.3. The predicted octanol–water partition coefficient (Wildman–Crippen LogP) is 1.87. The Bertz CT molecular complexity index is 1080. The van der Waals surface area contributed by atoms with Crippen molar-refractivity contribution in [1.82, 2.24) is 10.6 Å². The number of nitro benzene ring substituents is 1. The lowest BCUT2D eigenvalue weighted by Gasteiger charge is -2.47. The molecule has 152 valence electrons. The highest BCUT2D eigenvalue weighted by atomic mass is 16.6. The molecular formula is C21H18N4O5. The molecule has 2 saturated heterocycles. The van der Waals surface area contributed by atoms with Crippen LogP contribution >= 0.6 is 0 Å². The maximum Gasteiger partial charge on any atom is 0.328 e. The molecule has 0 saturated carbocycles. The number of carbonyl (C=O) groups is 3. The highest BCUT2D eigenvalue weighted by Gasteiger charge is 2.62. The van der Waals surface area contributed by atoms with Crippen LogP contribution in [0.3, 0.4) is 0 Å². The summed E-state index contributed by atoms with van der Waals surface area (Å²) in [6, 6.07) is 13.1. The van der Waals surface area contributed by atoms with Crippen molar-refractivity contribution in [3.8, 4) is 0 Å². The van der Waals surface area contributed by atoms with Gasteiger partial charge in [-0.2, -0.15) is 0 Å². The van der Waals surface area contributed by atoms with Gasteiger partial charge in [0.1, 0.15) is 0 Å². The number of nitrogens with one attached hydrogen (secondary N) is 2. The number of imide groups is 2. The molecule has 2 N–H and O–H groups in total. The molecular weight excluding hydrogens is 388 g/mol. The van der Waals surface area contributed by atoms with E-state index in [9.17, 15) is 24.5 Å². The number of barbiturate groups is 1. The minimum Gasteiger partial charge on any atom is -0.366 e. The van der Waals surface area contributed by atoms with Gasteiger partial charge in [0.05, 0.1) is 11.0 Å². The number of hydrogen-bond acceptors (Lipinski definition) is 6. The molecule has 0 radical (unpaired) electrons. The summed E-state index contributed by atoms with van der Waals surface area (Å²) in [5.41, 5.74) is 0.799. The maximum absolute atomic E-state index is 13.1. The Hall–Kier alpha value is -3.75. The minimum atomic E-state index is -1.53. The molecule has 3 aliphatic heterocycles. The molecule has 9 nitrogen and oxygen atoms in total. The fraction of sp³-hybridized carbons (Fsp3) is 0.286. The highest BCUT2D eigenvalue weighted by Crippen LogP contribution is 2.50. The Morgan fingerprint density at radius 1 is 1.03 bits per heavy atom. The summed E-state index contributed by atoms with van der Waals surface area (Å²) in [5, 5.41) is 15.8. The minimum absolute atomic E-state index is 0.00234. The van der Waals surface area contributed by atoms with E-state index in [0.29, 0.717) is 18.5 Å². The summed E-state index contributed by atoms with van der Waals surface area (Å²) in [6.07, 6.45) is 0.549. The molecule has 30 heavy (non-hydrogen) atoms. The van der Waals surface area contributed by atoms with Crippen LogP contribution in [0.15, 0.2) is 48.5 Å². The van der Waals surface area contributed by atoms with Crippen molar-refractivity contribution in [2.45, 2.75) is 24.8 Å². The number of fused-ring (bicyclic) bond motifs is 4. The standard InChI is InChI=1S/C21H18N4O5/c26-18-21(19(27)23-20(28)22-18)10-13-8-15(25(29)30)6-7-16(13)24-11-14(9-17(21)24)12-4-2-1-3-5-12/h1-8,14,17H,9-11H2,(H2,22,23,26,27,28)/t14-,17+/m1/s1. The molecule has 0 aliphatic carbocycles. The summed E-state index contributed by atoms with van der Waals surface area (Å²) in [4.78, 5) is 50.6. The molecule has 0 unspecified atom stereocenters. The van der Waals surface area contributed by atoms with E-state index in [0.717, 1.165) is 11.3 Å². The Labute approximate surface area is 171 Å².